The van der Waals surface area contributed by atoms with E-state index in [4.69, 9.17) is 4.74 Å². The Morgan fingerprint density at radius 3 is 2.48 bits per heavy atom. The van der Waals surface area contributed by atoms with Crippen molar-refractivity contribution in [3.05, 3.63) is 72.6 Å². The number of benzene rings is 2. The van der Waals surface area contributed by atoms with Gasteiger partial charge in [0, 0.05) is 12.7 Å². The summed E-state index contributed by atoms with van der Waals surface area (Å²) < 4.78 is 6.58. The van der Waals surface area contributed by atoms with Crippen molar-refractivity contribution in [2.75, 3.05) is 12.4 Å². The second kappa shape index (κ2) is 6.89. The molecule has 0 atom stereocenters. The molecule has 2 aromatic carbocycles. The van der Waals surface area contributed by atoms with Gasteiger partial charge in [-0.25, -0.2) is 4.68 Å². The first-order valence-electron chi connectivity index (χ1n) is 7.24. The number of rotatable bonds is 5. The molecule has 1 aromatic heterocycles. The summed E-state index contributed by atoms with van der Waals surface area (Å²) in [6.07, 6.45) is 3.31. The van der Waals surface area contributed by atoms with Gasteiger partial charge in [0.1, 0.15) is 6.73 Å². The Morgan fingerprint density at radius 2 is 1.78 bits per heavy atom. The van der Waals surface area contributed by atoms with Crippen LogP contribution in [0.4, 0.5) is 5.69 Å². The normalized spacial score (nSPS) is 10.5. The highest BCUT2D eigenvalue weighted by Gasteiger charge is 2.08. The molecule has 3 aromatic rings. The number of hydrogen-bond donors (Lipinski definition) is 1. The summed E-state index contributed by atoms with van der Waals surface area (Å²) in [6, 6.07) is 17.6. The minimum atomic E-state index is -0.165. The predicted octanol–water partition coefficient (Wildman–Crippen LogP) is 3.41. The van der Waals surface area contributed by atoms with Crippen molar-refractivity contribution in [3.63, 3.8) is 0 Å². The number of methoxy groups -OCH3 is 1. The van der Waals surface area contributed by atoms with E-state index in [9.17, 15) is 4.79 Å². The summed E-state index contributed by atoms with van der Waals surface area (Å²) in [5.41, 5.74) is 3.44. The molecule has 0 spiro atoms. The molecule has 0 saturated heterocycles. The van der Waals surface area contributed by atoms with Crippen LogP contribution in [0.3, 0.4) is 0 Å². The molecule has 5 nitrogen and oxygen atoms in total. The lowest BCUT2D eigenvalue weighted by molar-refractivity contribution is 0.102. The number of aromatic nitrogens is 2. The number of carbonyl (C=O) groups is 1. The van der Waals surface area contributed by atoms with E-state index in [2.05, 4.69) is 10.4 Å². The predicted molar refractivity (Wildman–Crippen MR) is 89.1 cm³/mol. The zero-order valence-corrected chi connectivity index (χ0v) is 12.8. The fraction of sp³-hybridized carbons (Fsp3) is 0.111. The van der Waals surface area contributed by atoms with Crippen LogP contribution in [0.1, 0.15) is 10.4 Å². The number of nitrogens with one attached hydrogen (secondary N) is 1. The van der Waals surface area contributed by atoms with E-state index in [0.29, 0.717) is 18.0 Å². The topological polar surface area (TPSA) is 56.1 Å². The third-order valence-corrected chi connectivity index (χ3v) is 3.41. The molecule has 1 N–H and O–H groups in total. The average molecular weight is 307 g/mol. The zero-order chi connectivity index (χ0) is 16.1. The largest absolute Gasteiger partial charge is 0.362 e. The molecular formula is C18H17N3O2. The third kappa shape index (κ3) is 3.64. The average Bonchev–Trinajstić information content (AvgIpc) is 3.03. The third-order valence-electron chi connectivity index (χ3n) is 3.41. The van der Waals surface area contributed by atoms with Gasteiger partial charge in [-0.05, 0) is 23.3 Å². The van der Waals surface area contributed by atoms with E-state index >= 15 is 0 Å². The molecular weight excluding hydrogens is 290 g/mol. The highest BCUT2D eigenvalue weighted by molar-refractivity contribution is 6.04. The number of carbonyl (C=O) groups excluding carboxylic acids is 1. The fourth-order valence-electron chi connectivity index (χ4n) is 2.28. The molecule has 0 bridgehead atoms. The molecule has 0 aliphatic carbocycles. The molecule has 116 valence electrons. The van der Waals surface area contributed by atoms with E-state index < -0.39 is 0 Å². The van der Waals surface area contributed by atoms with Crippen LogP contribution in [0, 0.1) is 0 Å². The standard InChI is InChI=1S/C18H17N3O2/c1-23-13-21-12-17(11-19-21)20-18(22)16-9-7-15(8-10-16)14-5-3-2-4-6-14/h2-12H,13H2,1H3,(H,20,22). The second-order valence-electron chi connectivity index (χ2n) is 5.08. The van der Waals surface area contributed by atoms with E-state index in [-0.39, 0.29) is 5.91 Å². The first-order chi connectivity index (χ1) is 11.3. The van der Waals surface area contributed by atoms with Crippen LogP contribution in [-0.4, -0.2) is 22.8 Å². The minimum Gasteiger partial charge on any atom is -0.362 e. The lowest BCUT2D eigenvalue weighted by Crippen LogP contribution is -2.11. The molecule has 0 aliphatic rings. The Balaban J connectivity index is 1.70. The summed E-state index contributed by atoms with van der Waals surface area (Å²) in [7, 11) is 1.59. The van der Waals surface area contributed by atoms with Gasteiger partial charge in [0.2, 0.25) is 0 Å². The maximum Gasteiger partial charge on any atom is 0.255 e. The summed E-state index contributed by atoms with van der Waals surface area (Å²) in [4.78, 5) is 12.2. The molecule has 0 unspecified atom stereocenters. The first kappa shape index (κ1) is 15.0. The second-order valence-corrected chi connectivity index (χ2v) is 5.08. The van der Waals surface area contributed by atoms with Crippen LogP contribution in [0.25, 0.3) is 11.1 Å². The number of amides is 1. The van der Waals surface area contributed by atoms with Crippen molar-refractivity contribution in [1.82, 2.24) is 9.78 Å². The van der Waals surface area contributed by atoms with Crippen molar-refractivity contribution < 1.29 is 9.53 Å². The van der Waals surface area contributed by atoms with Gasteiger partial charge in [0.05, 0.1) is 18.1 Å². The SMILES string of the molecule is COCn1cc(NC(=O)c2ccc(-c3ccccc3)cc2)cn1. The molecule has 0 saturated carbocycles. The molecule has 0 radical (unpaired) electrons. The maximum atomic E-state index is 12.2. The first-order valence-corrected chi connectivity index (χ1v) is 7.24. The number of ether oxygens (including phenoxy) is 1. The van der Waals surface area contributed by atoms with Crippen molar-refractivity contribution in [2.45, 2.75) is 6.73 Å². The summed E-state index contributed by atoms with van der Waals surface area (Å²) in [5.74, 6) is -0.165. The fourth-order valence-corrected chi connectivity index (χ4v) is 2.28. The van der Waals surface area contributed by atoms with E-state index in [0.717, 1.165) is 11.1 Å². The lowest BCUT2D eigenvalue weighted by atomic mass is 10.0. The summed E-state index contributed by atoms with van der Waals surface area (Å²) in [5, 5.41) is 6.90. The van der Waals surface area contributed by atoms with Crippen LogP contribution in [0.5, 0.6) is 0 Å². The molecule has 5 heteroatoms. The number of hydrogen-bond acceptors (Lipinski definition) is 3. The van der Waals surface area contributed by atoms with Gasteiger partial charge >= 0.3 is 0 Å². The van der Waals surface area contributed by atoms with E-state index in [1.54, 1.807) is 24.2 Å². The van der Waals surface area contributed by atoms with E-state index in [1.807, 2.05) is 54.6 Å². The smallest absolute Gasteiger partial charge is 0.255 e. The van der Waals surface area contributed by atoms with Gasteiger partial charge in [0.15, 0.2) is 0 Å². The Kier molecular flexibility index (Phi) is 4.49. The van der Waals surface area contributed by atoms with Gasteiger partial charge in [0.25, 0.3) is 5.91 Å². The molecule has 1 heterocycles. The van der Waals surface area contributed by atoms with Gasteiger partial charge in [-0.2, -0.15) is 5.10 Å². The molecule has 0 fully saturated rings. The Hall–Kier alpha value is -2.92. The highest BCUT2D eigenvalue weighted by atomic mass is 16.5. The minimum absolute atomic E-state index is 0.165. The van der Waals surface area contributed by atoms with Crippen molar-refractivity contribution in [1.29, 1.82) is 0 Å². The lowest BCUT2D eigenvalue weighted by Gasteiger charge is -2.05. The number of anilines is 1. The van der Waals surface area contributed by atoms with Crippen LogP contribution in [0.15, 0.2) is 67.0 Å². The highest BCUT2D eigenvalue weighted by Crippen LogP contribution is 2.19. The van der Waals surface area contributed by atoms with Crippen molar-refractivity contribution in [2.24, 2.45) is 0 Å². The van der Waals surface area contributed by atoms with Crippen LogP contribution >= 0.6 is 0 Å². The van der Waals surface area contributed by atoms with Crippen LogP contribution in [-0.2, 0) is 11.5 Å². The molecule has 1 amide bonds. The Bertz CT molecular complexity index is 780. The quantitative estimate of drug-likeness (QED) is 0.786. The molecule has 23 heavy (non-hydrogen) atoms. The van der Waals surface area contributed by atoms with Crippen molar-refractivity contribution >= 4 is 11.6 Å². The van der Waals surface area contributed by atoms with E-state index in [1.165, 1.54) is 0 Å². The molecule has 0 aliphatic heterocycles. The van der Waals surface area contributed by atoms with Gasteiger partial charge in [-0.1, -0.05) is 42.5 Å². The summed E-state index contributed by atoms with van der Waals surface area (Å²) >= 11 is 0. The Labute approximate surface area is 134 Å². The van der Waals surface area contributed by atoms with Gasteiger partial charge < -0.3 is 10.1 Å². The monoisotopic (exact) mass is 307 g/mol. The van der Waals surface area contributed by atoms with Crippen LogP contribution in [0.2, 0.25) is 0 Å². The summed E-state index contributed by atoms with van der Waals surface area (Å²) in [6.45, 7) is 0.349. The van der Waals surface area contributed by atoms with Gasteiger partial charge in [-0.15, -0.1) is 0 Å². The number of nitrogens with zero attached hydrogens (tertiary/aromatic N) is 2. The van der Waals surface area contributed by atoms with Crippen molar-refractivity contribution in [3.8, 4) is 11.1 Å². The molecule has 3 rings (SSSR count). The van der Waals surface area contributed by atoms with Crippen LogP contribution < -0.4 is 5.32 Å². The maximum absolute atomic E-state index is 12.2. The Morgan fingerprint density at radius 1 is 1.09 bits per heavy atom. The van der Waals surface area contributed by atoms with Gasteiger partial charge in [-0.3, -0.25) is 4.79 Å². The zero-order valence-electron chi connectivity index (χ0n) is 12.8.